The van der Waals surface area contributed by atoms with Gasteiger partial charge in [0, 0.05) is 11.3 Å². The lowest BCUT2D eigenvalue weighted by molar-refractivity contribution is 0.0651. The van der Waals surface area contributed by atoms with Crippen molar-refractivity contribution in [3.63, 3.8) is 0 Å². The van der Waals surface area contributed by atoms with Crippen molar-refractivity contribution in [1.29, 1.82) is 0 Å². The molecule has 0 saturated carbocycles. The molecule has 0 saturated heterocycles. The van der Waals surface area contributed by atoms with E-state index in [2.05, 4.69) is 5.32 Å². The SMILES string of the molecule is CCOc1cc([C@H]2Nc3ccccc3C(=O)N2Cc2ccco2)cc(Cl)c1O. The van der Waals surface area contributed by atoms with Crippen LogP contribution < -0.4 is 10.1 Å². The maximum atomic E-state index is 13.2. The van der Waals surface area contributed by atoms with E-state index in [9.17, 15) is 9.90 Å². The van der Waals surface area contributed by atoms with Gasteiger partial charge in [0.25, 0.3) is 5.91 Å². The van der Waals surface area contributed by atoms with E-state index in [1.54, 1.807) is 35.4 Å². The minimum atomic E-state index is -0.509. The van der Waals surface area contributed by atoms with E-state index in [0.29, 0.717) is 23.5 Å². The van der Waals surface area contributed by atoms with Gasteiger partial charge in [0.2, 0.25) is 0 Å². The van der Waals surface area contributed by atoms with Crippen molar-refractivity contribution in [1.82, 2.24) is 4.90 Å². The van der Waals surface area contributed by atoms with Crippen molar-refractivity contribution < 1.29 is 19.1 Å². The number of amides is 1. The molecule has 1 aliphatic heterocycles. The first kappa shape index (κ1) is 18.3. The highest BCUT2D eigenvalue weighted by Crippen LogP contribution is 2.41. The molecule has 0 aliphatic carbocycles. The molecule has 2 N–H and O–H groups in total. The van der Waals surface area contributed by atoms with Crippen molar-refractivity contribution in [2.75, 3.05) is 11.9 Å². The van der Waals surface area contributed by atoms with Crippen LogP contribution >= 0.6 is 11.6 Å². The second-order valence-corrected chi connectivity index (χ2v) is 6.79. The fraction of sp³-hybridized carbons (Fsp3) is 0.190. The third kappa shape index (κ3) is 3.27. The summed E-state index contributed by atoms with van der Waals surface area (Å²) in [6, 6.07) is 14.3. The highest BCUT2D eigenvalue weighted by atomic mass is 35.5. The predicted octanol–water partition coefficient (Wildman–Crippen LogP) is 4.80. The number of para-hydroxylation sites is 1. The zero-order valence-electron chi connectivity index (χ0n) is 15.2. The molecule has 2 aromatic carbocycles. The smallest absolute Gasteiger partial charge is 0.258 e. The topological polar surface area (TPSA) is 74.9 Å². The van der Waals surface area contributed by atoms with E-state index in [-0.39, 0.29) is 29.0 Å². The number of benzene rings is 2. The lowest BCUT2D eigenvalue weighted by atomic mass is 10.0. The Kier molecular flexibility index (Phi) is 4.88. The van der Waals surface area contributed by atoms with Gasteiger partial charge in [0.05, 0.1) is 30.0 Å². The first-order valence-electron chi connectivity index (χ1n) is 8.92. The van der Waals surface area contributed by atoms with Gasteiger partial charge < -0.3 is 24.5 Å². The molecule has 28 heavy (non-hydrogen) atoms. The average molecular weight is 399 g/mol. The Morgan fingerprint density at radius 3 is 2.82 bits per heavy atom. The number of halogens is 1. The number of anilines is 1. The number of aromatic hydroxyl groups is 1. The highest BCUT2D eigenvalue weighted by Gasteiger charge is 2.34. The quantitative estimate of drug-likeness (QED) is 0.645. The van der Waals surface area contributed by atoms with E-state index in [1.165, 1.54) is 0 Å². The molecule has 4 rings (SSSR count). The van der Waals surface area contributed by atoms with Crippen LogP contribution in [0, 0.1) is 0 Å². The molecule has 0 bridgehead atoms. The van der Waals surface area contributed by atoms with Crippen LogP contribution in [-0.4, -0.2) is 22.5 Å². The van der Waals surface area contributed by atoms with Crippen molar-refractivity contribution in [2.24, 2.45) is 0 Å². The molecule has 144 valence electrons. The van der Waals surface area contributed by atoms with Gasteiger partial charge in [-0.3, -0.25) is 4.79 Å². The number of hydrogen-bond acceptors (Lipinski definition) is 5. The van der Waals surface area contributed by atoms with Gasteiger partial charge in [0.1, 0.15) is 11.9 Å². The van der Waals surface area contributed by atoms with Gasteiger partial charge >= 0.3 is 0 Å². The summed E-state index contributed by atoms with van der Waals surface area (Å²) in [4.78, 5) is 14.9. The Morgan fingerprint density at radius 1 is 1.25 bits per heavy atom. The number of carbonyl (C=O) groups excluding carboxylic acids is 1. The van der Waals surface area contributed by atoms with E-state index >= 15 is 0 Å². The largest absolute Gasteiger partial charge is 0.503 e. The summed E-state index contributed by atoms with van der Waals surface area (Å²) in [5.74, 6) is 0.691. The lowest BCUT2D eigenvalue weighted by Gasteiger charge is -2.38. The highest BCUT2D eigenvalue weighted by molar-refractivity contribution is 6.32. The molecule has 1 aromatic heterocycles. The average Bonchev–Trinajstić information content (AvgIpc) is 3.21. The van der Waals surface area contributed by atoms with Crippen LogP contribution in [0.25, 0.3) is 0 Å². The Morgan fingerprint density at radius 2 is 2.07 bits per heavy atom. The Hall–Kier alpha value is -3.12. The normalized spacial score (nSPS) is 15.9. The van der Waals surface area contributed by atoms with Crippen LogP contribution in [-0.2, 0) is 6.54 Å². The van der Waals surface area contributed by atoms with E-state index in [1.807, 2.05) is 31.2 Å². The van der Waals surface area contributed by atoms with Gasteiger partial charge in [-0.15, -0.1) is 0 Å². The number of ether oxygens (including phenoxy) is 1. The van der Waals surface area contributed by atoms with Crippen LogP contribution in [0.4, 0.5) is 5.69 Å². The monoisotopic (exact) mass is 398 g/mol. The number of carbonyl (C=O) groups is 1. The summed E-state index contributed by atoms with van der Waals surface area (Å²) in [5.41, 5.74) is 2.01. The van der Waals surface area contributed by atoms with E-state index in [4.69, 9.17) is 20.8 Å². The molecule has 0 unspecified atom stereocenters. The third-order valence-electron chi connectivity index (χ3n) is 4.59. The summed E-state index contributed by atoms with van der Waals surface area (Å²) in [7, 11) is 0. The predicted molar refractivity (Wildman–Crippen MR) is 106 cm³/mol. The minimum absolute atomic E-state index is 0.118. The zero-order valence-corrected chi connectivity index (χ0v) is 15.9. The maximum absolute atomic E-state index is 13.2. The summed E-state index contributed by atoms with van der Waals surface area (Å²) in [6.07, 6.45) is 1.06. The third-order valence-corrected chi connectivity index (χ3v) is 4.88. The van der Waals surface area contributed by atoms with Crippen molar-refractivity contribution >= 4 is 23.2 Å². The molecular formula is C21H19ClN2O4. The molecule has 0 radical (unpaired) electrons. The van der Waals surface area contributed by atoms with E-state index in [0.717, 1.165) is 5.69 Å². The number of rotatable bonds is 5. The second kappa shape index (κ2) is 7.48. The molecule has 1 aliphatic rings. The Bertz CT molecular complexity index is 1000. The molecular weight excluding hydrogens is 380 g/mol. The number of phenols is 1. The fourth-order valence-electron chi connectivity index (χ4n) is 3.31. The molecule has 1 amide bonds. The first-order valence-corrected chi connectivity index (χ1v) is 9.30. The molecule has 0 fully saturated rings. The Balaban J connectivity index is 1.79. The zero-order chi connectivity index (χ0) is 19.7. The molecule has 2 heterocycles. The van der Waals surface area contributed by atoms with Gasteiger partial charge in [-0.25, -0.2) is 0 Å². The van der Waals surface area contributed by atoms with Gasteiger partial charge in [0.15, 0.2) is 11.5 Å². The number of nitrogens with one attached hydrogen (secondary N) is 1. The number of phenolic OH excluding ortho intramolecular Hbond substituents is 1. The number of hydrogen-bond donors (Lipinski definition) is 2. The lowest BCUT2D eigenvalue weighted by Crippen LogP contribution is -2.42. The number of nitrogens with zero attached hydrogens (tertiary/aromatic N) is 1. The van der Waals surface area contributed by atoms with E-state index < -0.39 is 6.17 Å². The van der Waals surface area contributed by atoms with Crippen LogP contribution in [0.15, 0.2) is 59.2 Å². The summed E-state index contributed by atoms with van der Waals surface area (Å²) in [5, 5.41) is 13.7. The standard InChI is InChI=1S/C21H19ClN2O4/c1-2-27-18-11-13(10-16(22)19(18)25)20-23-17-8-4-3-7-15(17)21(26)24(20)12-14-6-5-9-28-14/h3-11,20,23,25H,2,12H2,1H3/t20-/m0/s1. The maximum Gasteiger partial charge on any atom is 0.258 e. The molecule has 6 nitrogen and oxygen atoms in total. The Labute approximate surface area is 167 Å². The number of fused-ring (bicyclic) bond motifs is 1. The van der Waals surface area contributed by atoms with Gasteiger partial charge in [-0.1, -0.05) is 23.7 Å². The van der Waals surface area contributed by atoms with Crippen molar-refractivity contribution in [2.45, 2.75) is 19.6 Å². The van der Waals surface area contributed by atoms with Crippen molar-refractivity contribution in [3.8, 4) is 11.5 Å². The number of furan rings is 1. The fourth-order valence-corrected chi connectivity index (χ4v) is 3.53. The van der Waals surface area contributed by atoms with Crippen LogP contribution in [0.2, 0.25) is 5.02 Å². The van der Waals surface area contributed by atoms with Crippen molar-refractivity contribution in [3.05, 3.63) is 76.7 Å². The summed E-state index contributed by atoms with van der Waals surface area (Å²) >= 11 is 6.22. The van der Waals surface area contributed by atoms with Crippen LogP contribution in [0.5, 0.6) is 11.5 Å². The summed E-state index contributed by atoms with van der Waals surface area (Å²) in [6.45, 7) is 2.48. The first-order chi connectivity index (χ1) is 13.6. The van der Waals surface area contributed by atoms with Gasteiger partial charge in [-0.05, 0) is 43.3 Å². The molecule has 3 aromatic rings. The van der Waals surface area contributed by atoms with Crippen LogP contribution in [0.1, 0.15) is 34.8 Å². The van der Waals surface area contributed by atoms with Gasteiger partial charge in [-0.2, -0.15) is 0 Å². The molecule has 0 spiro atoms. The molecule has 1 atom stereocenters. The minimum Gasteiger partial charge on any atom is -0.503 e. The van der Waals surface area contributed by atoms with Crippen LogP contribution in [0.3, 0.4) is 0 Å². The second-order valence-electron chi connectivity index (χ2n) is 6.39. The molecule has 7 heteroatoms. The summed E-state index contributed by atoms with van der Waals surface area (Å²) < 4.78 is 11.0.